The van der Waals surface area contributed by atoms with Gasteiger partial charge in [0.2, 0.25) is 8.32 Å². The molecule has 0 saturated carbocycles. The SMILES string of the molecule is Cc1ccc(S(=O)(=O)N(CCCN2CCCC2)O[Si](C)(C)C(C)(C)C)cc1. The fourth-order valence-corrected chi connectivity index (χ4v) is 5.77. The smallest absolute Gasteiger partial charge is 0.264 e. The lowest BCUT2D eigenvalue weighted by Crippen LogP contribution is -2.49. The van der Waals surface area contributed by atoms with Gasteiger partial charge in [-0.05, 0) is 76.1 Å². The van der Waals surface area contributed by atoms with Gasteiger partial charge < -0.3 is 9.43 Å². The van der Waals surface area contributed by atoms with Gasteiger partial charge in [0.15, 0.2) is 0 Å². The van der Waals surface area contributed by atoms with Crippen LogP contribution < -0.4 is 0 Å². The van der Waals surface area contributed by atoms with Crippen molar-refractivity contribution in [3.05, 3.63) is 29.8 Å². The van der Waals surface area contributed by atoms with Crippen LogP contribution in [0, 0.1) is 6.92 Å². The molecular formula is C20H36N2O3SSi. The molecule has 7 heteroatoms. The fraction of sp³-hybridized carbons (Fsp3) is 0.700. The van der Waals surface area contributed by atoms with Crippen LogP contribution in [-0.2, 0) is 14.6 Å². The standard InChI is InChI=1S/C20H36N2O3SSi/c1-18-10-12-19(13-11-18)26(23,24)22(25-27(5,6)20(2,3)4)17-9-16-21-14-7-8-15-21/h10-13H,7-9,14-17H2,1-6H3. The maximum Gasteiger partial charge on any atom is 0.264 e. The maximum absolute atomic E-state index is 13.3. The predicted molar refractivity (Wildman–Crippen MR) is 114 cm³/mol. The molecule has 0 aromatic heterocycles. The molecule has 0 bridgehead atoms. The zero-order valence-electron chi connectivity index (χ0n) is 17.8. The molecule has 2 rings (SSSR count). The van der Waals surface area contributed by atoms with Gasteiger partial charge in [-0.25, -0.2) is 8.42 Å². The van der Waals surface area contributed by atoms with Crippen molar-refractivity contribution in [1.82, 2.24) is 9.37 Å². The number of nitrogens with zero attached hydrogens (tertiary/aromatic N) is 2. The number of aryl methyl sites for hydroxylation is 1. The summed E-state index contributed by atoms with van der Waals surface area (Å²) in [6.07, 6.45) is 3.26. The lowest BCUT2D eigenvalue weighted by atomic mass is 10.2. The summed E-state index contributed by atoms with van der Waals surface area (Å²) < 4.78 is 34.1. The molecule has 0 unspecified atom stereocenters. The lowest BCUT2D eigenvalue weighted by molar-refractivity contribution is 0.0160. The minimum atomic E-state index is -3.68. The summed E-state index contributed by atoms with van der Waals surface area (Å²) in [4.78, 5) is 2.70. The number of benzene rings is 1. The summed E-state index contributed by atoms with van der Waals surface area (Å²) in [5, 5.41) is -0.0665. The number of sulfonamides is 1. The quantitative estimate of drug-likeness (QED) is 0.469. The minimum Gasteiger partial charge on any atom is -0.329 e. The summed E-state index contributed by atoms with van der Waals surface area (Å²) in [6, 6.07) is 7.02. The highest BCUT2D eigenvalue weighted by Crippen LogP contribution is 2.38. The predicted octanol–water partition coefficient (Wildman–Crippen LogP) is 4.41. The number of rotatable bonds is 8. The third-order valence-electron chi connectivity index (χ3n) is 5.74. The van der Waals surface area contributed by atoms with E-state index in [-0.39, 0.29) is 5.04 Å². The lowest BCUT2D eigenvalue weighted by Gasteiger charge is -2.39. The number of hydroxylamine groups is 1. The molecule has 0 amide bonds. The Morgan fingerprint density at radius 2 is 1.67 bits per heavy atom. The minimum absolute atomic E-state index is 0.0665. The molecule has 0 radical (unpaired) electrons. The van der Waals surface area contributed by atoms with Crippen molar-refractivity contribution in [3.8, 4) is 0 Å². The van der Waals surface area contributed by atoms with E-state index in [0.29, 0.717) is 11.4 Å². The number of hydrogen-bond donors (Lipinski definition) is 0. The van der Waals surface area contributed by atoms with Crippen LogP contribution in [-0.4, -0.2) is 52.3 Å². The first-order valence-electron chi connectivity index (χ1n) is 9.94. The first-order valence-corrected chi connectivity index (χ1v) is 14.3. The zero-order valence-corrected chi connectivity index (χ0v) is 19.6. The van der Waals surface area contributed by atoms with E-state index < -0.39 is 18.3 Å². The third-order valence-corrected chi connectivity index (χ3v) is 11.8. The highest BCUT2D eigenvalue weighted by Gasteiger charge is 2.42. The highest BCUT2D eigenvalue weighted by molar-refractivity contribution is 7.89. The van der Waals surface area contributed by atoms with Gasteiger partial charge in [-0.3, -0.25) is 0 Å². The van der Waals surface area contributed by atoms with Gasteiger partial charge in [0.1, 0.15) is 0 Å². The summed E-state index contributed by atoms with van der Waals surface area (Å²) in [5.74, 6) is 0. The van der Waals surface area contributed by atoms with Crippen LogP contribution in [0.4, 0.5) is 0 Å². The van der Waals surface area contributed by atoms with Gasteiger partial charge in [-0.15, -0.1) is 0 Å². The summed E-state index contributed by atoms with van der Waals surface area (Å²) in [6.45, 7) is 16.1. The average Bonchev–Trinajstić information content (AvgIpc) is 3.06. The van der Waals surface area contributed by atoms with E-state index in [0.717, 1.165) is 31.6 Å². The van der Waals surface area contributed by atoms with Crippen LogP contribution in [0.15, 0.2) is 29.2 Å². The molecular weight excluding hydrogens is 376 g/mol. The molecule has 27 heavy (non-hydrogen) atoms. The number of likely N-dealkylation sites (tertiary alicyclic amines) is 1. The normalized spacial score (nSPS) is 17.0. The molecule has 0 spiro atoms. The Balaban J connectivity index is 2.20. The Labute approximate surface area is 166 Å². The van der Waals surface area contributed by atoms with E-state index in [1.54, 1.807) is 12.1 Å². The van der Waals surface area contributed by atoms with Crippen molar-refractivity contribution in [2.75, 3.05) is 26.2 Å². The van der Waals surface area contributed by atoms with Crippen molar-refractivity contribution >= 4 is 18.3 Å². The van der Waals surface area contributed by atoms with Crippen LogP contribution in [0.25, 0.3) is 0 Å². The molecule has 5 nitrogen and oxygen atoms in total. The van der Waals surface area contributed by atoms with Crippen LogP contribution in [0.3, 0.4) is 0 Å². The van der Waals surface area contributed by atoms with Gasteiger partial charge >= 0.3 is 0 Å². The monoisotopic (exact) mass is 412 g/mol. The van der Waals surface area contributed by atoms with Crippen molar-refractivity contribution in [3.63, 3.8) is 0 Å². The first kappa shape index (κ1) is 22.6. The Hall–Kier alpha value is -0.733. The van der Waals surface area contributed by atoms with Crippen LogP contribution >= 0.6 is 0 Å². The third kappa shape index (κ3) is 5.87. The van der Waals surface area contributed by atoms with E-state index >= 15 is 0 Å². The van der Waals surface area contributed by atoms with E-state index in [1.807, 2.05) is 19.1 Å². The van der Waals surface area contributed by atoms with Crippen LogP contribution in [0.5, 0.6) is 0 Å². The Morgan fingerprint density at radius 3 is 2.19 bits per heavy atom. The molecule has 1 aliphatic heterocycles. The summed E-state index contributed by atoms with van der Waals surface area (Å²) >= 11 is 0. The Morgan fingerprint density at radius 1 is 1.11 bits per heavy atom. The second-order valence-corrected chi connectivity index (χ2v) is 15.6. The van der Waals surface area contributed by atoms with Crippen molar-refractivity contribution in [1.29, 1.82) is 0 Å². The fourth-order valence-electron chi connectivity index (χ4n) is 2.86. The van der Waals surface area contributed by atoms with E-state index in [4.69, 9.17) is 4.53 Å². The Bertz CT molecular complexity index is 706. The molecule has 0 N–H and O–H groups in total. The molecule has 0 atom stereocenters. The largest absolute Gasteiger partial charge is 0.329 e. The van der Waals surface area contributed by atoms with E-state index in [2.05, 4.69) is 38.8 Å². The number of hydrogen-bond acceptors (Lipinski definition) is 4. The van der Waals surface area contributed by atoms with E-state index in [1.165, 1.54) is 17.3 Å². The zero-order chi connectivity index (χ0) is 20.3. The van der Waals surface area contributed by atoms with E-state index in [9.17, 15) is 8.42 Å². The average molecular weight is 413 g/mol. The van der Waals surface area contributed by atoms with Crippen molar-refractivity contribution in [2.45, 2.75) is 70.0 Å². The van der Waals surface area contributed by atoms with Crippen molar-refractivity contribution < 1.29 is 12.9 Å². The van der Waals surface area contributed by atoms with Gasteiger partial charge in [0.25, 0.3) is 10.0 Å². The molecule has 1 aromatic rings. The van der Waals surface area contributed by atoms with Crippen molar-refractivity contribution in [2.24, 2.45) is 0 Å². The second kappa shape index (κ2) is 8.74. The second-order valence-electron chi connectivity index (χ2n) is 9.10. The highest BCUT2D eigenvalue weighted by atomic mass is 32.2. The molecule has 1 saturated heterocycles. The molecule has 1 heterocycles. The summed E-state index contributed by atoms with van der Waals surface area (Å²) in [7, 11) is -5.95. The molecule has 1 aliphatic rings. The molecule has 154 valence electrons. The first-order chi connectivity index (χ1) is 12.4. The molecule has 1 fully saturated rings. The van der Waals surface area contributed by atoms with Gasteiger partial charge in [-0.1, -0.05) is 42.9 Å². The van der Waals surface area contributed by atoms with Crippen LogP contribution in [0.1, 0.15) is 45.6 Å². The topological polar surface area (TPSA) is 49.9 Å². The van der Waals surface area contributed by atoms with Gasteiger partial charge in [0.05, 0.1) is 4.90 Å². The summed E-state index contributed by atoms with van der Waals surface area (Å²) in [5.41, 5.74) is 1.04. The van der Waals surface area contributed by atoms with Crippen LogP contribution in [0.2, 0.25) is 18.1 Å². The molecule has 0 aliphatic carbocycles. The maximum atomic E-state index is 13.3. The molecule has 1 aromatic carbocycles. The van der Waals surface area contributed by atoms with Gasteiger partial charge in [-0.2, -0.15) is 0 Å². The Kier molecular flexibility index (Phi) is 7.30. The van der Waals surface area contributed by atoms with Gasteiger partial charge in [0, 0.05) is 6.54 Å².